The normalized spacial score (nSPS) is 27.6. The van der Waals surface area contributed by atoms with Gasteiger partial charge in [-0.3, -0.25) is 0 Å². The van der Waals surface area contributed by atoms with Gasteiger partial charge in [0.05, 0.1) is 0 Å². The molecule has 1 aromatic carbocycles. The van der Waals surface area contributed by atoms with Crippen molar-refractivity contribution in [3.8, 4) is 0 Å². The van der Waals surface area contributed by atoms with Gasteiger partial charge in [0, 0.05) is 0 Å². The Balaban J connectivity index is 2.10. The van der Waals surface area contributed by atoms with Crippen molar-refractivity contribution in [3.63, 3.8) is 0 Å². The number of rotatable bonds is 5. The van der Waals surface area contributed by atoms with Crippen molar-refractivity contribution in [2.75, 3.05) is 13.7 Å². The predicted octanol–water partition coefficient (Wildman–Crippen LogP) is 1.99. The third-order valence-electron chi connectivity index (χ3n) is 4.66. The fourth-order valence-electron chi connectivity index (χ4n) is 3.54. The number of aliphatic hydroxyl groups excluding tert-OH is 1. The van der Waals surface area contributed by atoms with Gasteiger partial charge < -0.3 is 0 Å². The molecule has 0 amide bonds. The second-order valence-corrected chi connectivity index (χ2v) is 7.03. The predicted molar refractivity (Wildman–Crippen MR) is 78.9 cm³/mol. The standard InChI is InChI=1S/C17H19NO2.W/c1-18-10-6-9-15(18)16-14(11-20-2)17(16,12-19)13-7-4-3-5-8-13;/h3-10,14,16,19H,12H2,1-2H3;/t14-,16+,17-;/m1./s1. The van der Waals surface area contributed by atoms with E-state index in [9.17, 15) is 5.11 Å². The first-order chi connectivity index (χ1) is 10.2. The van der Waals surface area contributed by atoms with Crippen LogP contribution < -0.4 is 0 Å². The molecule has 1 aliphatic rings. The molecule has 3 nitrogen and oxygen atoms in total. The van der Waals surface area contributed by atoms with Crippen LogP contribution in [-0.4, -0.2) is 27.5 Å². The van der Waals surface area contributed by atoms with Crippen molar-refractivity contribution >= 4 is 4.08 Å². The van der Waals surface area contributed by atoms with Crippen LogP contribution in [0.5, 0.6) is 0 Å². The first-order valence-corrected chi connectivity index (χ1v) is 8.49. The van der Waals surface area contributed by atoms with Gasteiger partial charge in [-0.15, -0.1) is 0 Å². The molecule has 1 saturated carbocycles. The number of hydrogen-bond acceptors (Lipinski definition) is 2. The second kappa shape index (κ2) is 5.64. The van der Waals surface area contributed by atoms with Crippen molar-refractivity contribution in [2.45, 2.75) is 11.3 Å². The van der Waals surface area contributed by atoms with Crippen LogP contribution in [0.3, 0.4) is 0 Å². The number of ether oxygens (including phenoxy) is 1. The Morgan fingerprint density at radius 2 is 2.00 bits per heavy atom. The van der Waals surface area contributed by atoms with Crippen LogP contribution in [0.15, 0.2) is 48.7 Å². The SMILES string of the molecule is CO[C](=[W])[C@@H]1[C@@H](c2cccn2C)[C@]1(CO)c1ccccc1. The maximum atomic E-state index is 10.2. The summed E-state index contributed by atoms with van der Waals surface area (Å²) in [6.07, 6.45) is 2.06. The number of benzene rings is 1. The van der Waals surface area contributed by atoms with Crippen LogP contribution in [0.4, 0.5) is 0 Å². The van der Waals surface area contributed by atoms with E-state index in [1.165, 1.54) is 30.6 Å². The van der Waals surface area contributed by atoms with Crippen LogP contribution in [0.2, 0.25) is 0 Å². The molecular formula is C17H19NO2W. The van der Waals surface area contributed by atoms with Crippen LogP contribution in [-0.2, 0) is 36.6 Å². The molecule has 3 rings (SSSR count). The summed E-state index contributed by atoms with van der Waals surface area (Å²) >= 11 is 1.34. The molecule has 4 heteroatoms. The van der Waals surface area contributed by atoms with Crippen LogP contribution in [0.1, 0.15) is 17.2 Å². The first kappa shape index (κ1) is 14.9. The number of hydrogen-bond donors (Lipinski definition) is 1. The molecule has 3 atom stereocenters. The van der Waals surface area contributed by atoms with E-state index in [1.54, 1.807) is 7.11 Å². The van der Waals surface area contributed by atoms with Gasteiger partial charge in [0.1, 0.15) is 0 Å². The molecule has 110 valence electrons. The third kappa shape index (κ3) is 2.19. The van der Waals surface area contributed by atoms with E-state index in [0.717, 1.165) is 4.08 Å². The number of nitrogens with zero attached hydrogens (tertiary/aromatic N) is 1. The van der Waals surface area contributed by atoms with E-state index in [2.05, 4.69) is 42.1 Å². The Labute approximate surface area is 136 Å². The summed E-state index contributed by atoms with van der Waals surface area (Å²) in [6, 6.07) is 14.5. The van der Waals surface area contributed by atoms with E-state index in [0.29, 0.717) is 0 Å². The fraction of sp³-hybridized carbons (Fsp3) is 0.353. The van der Waals surface area contributed by atoms with Gasteiger partial charge in [-0.2, -0.15) is 0 Å². The molecular weight excluding hydrogens is 434 g/mol. The van der Waals surface area contributed by atoms with Gasteiger partial charge in [-0.25, -0.2) is 0 Å². The van der Waals surface area contributed by atoms with Gasteiger partial charge in [0.2, 0.25) is 0 Å². The van der Waals surface area contributed by atoms with Gasteiger partial charge in [0.15, 0.2) is 0 Å². The Morgan fingerprint density at radius 3 is 2.52 bits per heavy atom. The summed E-state index contributed by atoms with van der Waals surface area (Å²) in [5.74, 6) is 0.524. The van der Waals surface area contributed by atoms with E-state index in [4.69, 9.17) is 4.74 Å². The molecule has 2 aromatic rings. The average molecular weight is 453 g/mol. The molecule has 1 aromatic heterocycles. The molecule has 21 heavy (non-hydrogen) atoms. The van der Waals surface area contributed by atoms with Gasteiger partial charge in [-0.1, -0.05) is 0 Å². The summed E-state index contributed by atoms with van der Waals surface area (Å²) in [4.78, 5) is 0. The fourth-order valence-corrected chi connectivity index (χ4v) is 4.79. The van der Waals surface area contributed by atoms with E-state index < -0.39 is 0 Å². The molecule has 0 bridgehead atoms. The van der Waals surface area contributed by atoms with Crippen molar-refractivity contribution in [1.82, 2.24) is 4.57 Å². The van der Waals surface area contributed by atoms with E-state index in [1.807, 2.05) is 18.2 Å². The zero-order chi connectivity index (χ0) is 15.0. The number of aliphatic hydroxyl groups is 1. The zero-order valence-electron chi connectivity index (χ0n) is 12.2. The summed E-state index contributed by atoms with van der Waals surface area (Å²) in [5.41, 5.74) is 2.20. The Morgan fingerprint density at radius 1 is 1.29 bits per heavy atom. The molecule has 1 N–H and O–H groups in total. The molecule has 1 heterocycles. The summed E-state index contributed by atoms with van der Waals surface area (Å²) < 4.78 is 8.77. The summed E-state index contributed by atoms with van der Waals surface area (Å²) in [6.45, 7) is 0.137. The number of aryl methyl sites for hydroxylation is 1. The topological polar surface area (TPSA) is 34.4 Å². The van der Waals surface area contributed by atoms with Crippen molar-refractivity contribution in [1.29, 1.82) is 0 Å². The van der Waals surface area contributed by atoms with Gasteiger partial charge in [0.25, 0.3) is 0 Å². The maximum absolute atomic E-state index is 10.2. The Kier molecular flexibility index (Phi) is 4.00. The monoisotopic (exact) mass is 453 g/mol. The number of methoxy groups -OCH3 is 1. The second-order valence-electron chi connectivity index (χ2n) is 5.59. The molecule has 0 saturated heterocycles. The summed E-state index contributed by atoms with van der Waals surface area (Å²) in [5, 5.41) is 10.2. The molecule has 0 spiro atoms. The number of aromatic nitrogens is 1. The van der Waals surface area contributed by atoms with Crippen LogP contribution in [0.25, 0.3) is 0 Å². The zero-order valence-corrected chi connectivity index (χ0v) is 15.1. The van der Waals surface area contributed by atoms with Crippen molar-refractivity contribution < 1.29 is 29.2 Å². The van der Waals surface area contributed by atoms with Gasteiger partial charge >= 0.3 is 136 Å². The Hall–Kier alpha value is -1.02. The van der Waals surface area contributed by atoms with Crippen molar-refractivity contribution in [3.05, 3.63) is 59.9 Å². The average Bonchev–Trinajstić information content (AvgIpc) is 3.04. The first-order valence-electron chi connectivity index (χ1n) is 7.02. The summed E-state index contributed by atoms with van der Waals surface area (Å²) in [7, 11) is 3.79. The molecule has 1 fully saturated rings. The van der Waals surface area contributed by atoms with Crippen LogP contribution >= 0.6 is 0 Å². The third-order valence-corrected chi connectivity index (χ3v) is 6.18. The van der Waals surface area contributed by atoms with Crippen molar-refractivity contribution in [2.24, 2.45) is 13.0 Å². The van der Waals surface area contributed by atoms with Crippen LogP contribution in [0, 0.1) is 5.92 Å². The van der Waals surface area contributed by atoms with Gasteiger partial charge in [-0.05, 0) is 0 Å². The minimum absolute atomic E-state index is 0.137. The van der Waals surface area contributed by atoms with E-state index >= 15 is 0 Å². The quantitative estimate of drug-likeness (QED) is 0.752. The Bertz CT molecular complexity index is 652. The van der Waals surface area contributed by atoms with E-state index in [-0.39, 0.29) is 23.9 Å². The molecule has 0 aliphatic heterocycles. The molecule has 1 aliphatic carbocycles. The minimum atomic E-state index is -0.250. The molecule has 0 radical (unpaired) electrons. The molecule has 0 unspecified atom stereocenters.